The van der Waals surface area contributed by atoms with E-state index in [0.29, 0.717) is 35.9 Å². The van der Waals surface area contributed by atoms with E-state index >= 15 is 0 Å². The Labute approximate surface area is 178 Å². The van der Waals surface area contributed by atoms with Gasteiger partial charge >= 0.3 is 0 Å². The molecule has 2 aromatic heterocycles. The van der Waals surface area contributed by atoms with Crippen LogP contribution in [0.25, 0.3) is 22.3 Å². The zero-order valence-electron chi connectivity index (χ0n) is 17.0. The largest absolute Gasteiger partial charge is 0.497 e. The lowest BCUT2D eigenvalue weighted by molar-refractivity contribution is -0.120. The Balaban J connectivity index is 1.45. The van der Waals surface area contributed by atoms with Crippen molar-refractivity contribution in [3.8, 4) is 28.6 Å². The number of imidazole rings is 1. The number of fused-ring (bicyclic) bond motifs is 2. The Morgan fingerprint density at radius 3 is 2.74 bits per heavy atom. The van der Waals surface area contributed by atoms with Crippen molar-refractivity contribution in [2.45, 2.75) is 13.0 Å². The lowest BCUT2D eigenvalue weighted by Crippen LogP contribution is -2.28. The van der Waals surface area contributed by atoms with Crippen LogP contribution in [-0.2, 0) is 17.8 Å². The van der Waals surface area contributed by atoms with E-state index in [2.05, 4.69) is 10.3 Å². The predicted octanol–water partition coefficient (Wildman–Crippen LogP) is 3.39. The molecule has 2 aromatic carbocycles. The second kappa shape index (κ2) is 8.06. The summed E-state index contributed by atoms with van der Waals surface area (Å²) < 4.78 is 24.4. The third-order valence-corrected chi connectivity index (χ3v) is 5.23. The maximum atomic E-state index is 12.7. The van der Waals surface area contributed by atoms with E-state index in [1.54, 1.807) is 19.6 Å². The molecule has 8 heteroatoms. The number of rotatable bonds is 7. The van der Waals surface area contributed by atoms with Crippen LogP contribution in [0.5, 0.6) is 17.2 Å². The lowest BCUT2D eigenvalue weighted by atomic mass is 10.0. The molecule has 0 bridgehead atoms. The molecular weight excluding hydrogens is 398 g/mol. The van der Waals surface area contributed by atoms with Gasteiger partial charge in [-0.3, -0.25) is 4.79 Å². The summed E-state index contributed by atoms with van der Waals surface area (Å²) in [5.74, 6) is 2.59. The molecule has 158 valence electrons. The summed E-state index contributed by atoms with van der Waals surface area (Å²) in [5.41, 5.74) is 2.31. The fourth-order valence-corrected chi connectivity index (χ4v) is 3.65. The Bertz CT molecular complexity index is 1210. The van der Waals surface area contributed by atoms with Crippen LogP contribution in [0.2, 0.25) is 0 Å². The maximum Gasteiger partial charge on any atom is 0.231 e. The van der Waals surface area contributed by atoms with E-state index < -0.39 is 0 Å². The number of ether oxygens (including phenoxy) is 3. The zero-order chi connectivity index (χ0) is 21.2. The van der Waals surface area contributed by atoms with Crippen molar-refractivity contribution in [2.75, 3.05) is 20.4 Å². The molecule has 1 amide bonds. The fraction of sp³-hybridized carbons (Fsp3) is 0.217. The normalized spacial score (nSPS) is 12.3. The number of methoxy groups -OCH3 is 1. The van der Waals surface area contributed by atoms with Gasteiger partial charge in [0.15, 0.2) is 11.5 Å². The molecule has 0 aliphatic carbocycles. The fourth-order valence-electron chi connectivity index (χ4n) is 3.65. The van der Waals surface area contributed by atoms with Crippen molar-refractivity contribution in [1.29, 1.82) is 0 Å². The van der Waals surface area contributed by atoms with Crippen LogP contribution >= 0.6 is 0 Å². The minimum absolute atomic E-state index is 0.0877. The quantitative estimate of drug-likeness (QED) is 0.494. The van der Waals surface area contributed by atoms with E-state index in [0.717, 1.165) is 22.3 Å². The summed E-state index contributed by atoms with van der Waals surface area (Å²) in [6.07, 6.45) is 5.48. The Morgan fingerprint density at radius 1 is 1.19 bits per heavy atom. The van der Waals surface area contributed by atoms with Crippen LogP contribution in [-0.4, -0.2) is 35.9 Å². The highest BCUT2D eigenvalue weighted by atomic mass is 16.7. The Morgan fingerprint density at radius 2 is 2.00 bits per heavy atom. The monoisotopic (exact) mass is 419 g/mol. The SMILES string of the molecule is COc1ccc(-c2oc3cc4c(cc3c2CC(=O)NCCn2ccnc2)OCO4)cc1. The van der Waals surface area contributed by atoms with Crippen LogP contribution in [0.15, 0.2) is 59.5 Å². The van der Waals surface area contributed by atoms with Gasteiger partial charge in [-0.15, -0.1) is 0 Å². The van der Waals surface area contributed by atoms with Crippen molar-refractivity contribution in [2.24, 2.45) is 0 Å². The van der Waals surface area contributed by atoms with E-state index in [1.807, 2.05) is 47.2 Å². The second-order valence-corrected chi connectivity index (χ2v) is 7.17. The molecule has 0 radical (unpaired) electrons. The van der Waals surface area contributed by atoms with Crippen molar-refractivity contribution < 1.29 is 23.4 Å². The second-order valence-electron chi connectivity index (χ2n) is 7.17. The molecule has 3 heterocycles. The third kappa shape index (κ3) is 3.79. The summed E-state index contributed by atoms with van der Waals surface area (Å²) in [6, 6.07) is 11.2. The third-order valence-electron chi connectivity index (χ3n) is 5.23. The Hall–Kier alpha value is -3.94. The molecule has 5 rings (SSSR count). The number of carbonyl (C=O) groups excluding carboxylic acids is 1. The molecule has 4 aromatic rings. The molecule has 8 nitrogen and oxygen atoms in total. The van der Waals surface area contributed by atoms with Gasteiger partial charge in [0.05, 0.1) is 19.9 Å². The summed E-state index contributed by atoms with van der Waals surface area (Å²) in [6.45, 7) is 1.34. The number of nitrogens with one attached hydrogen (secondary N) is 1. The van der Waals surface area contributed by atoms with Gasteiger partial charge in [0.2, 0.25) is 12.7 Å². The molecule has 1 N–H and O–H groups in total. The van der Waals surface area contributed by atoms with Crippen LogP contribution in [0, 0.1) is 0 Å². The lowest BCUT2D eigenvalue weighted by Gasteiger charge is -2.07. The van der Waals surface area contributed by atoms with Gasteiger partial charge in [-0.05, 0) is 30.3 Å². The molecule has 0 atom stereocenters. The molecule has 0 spiro atoms. The molecular formula is C23H21N3O5. The maximum absolute atomic E-state index is 12.7. The summed E-state index contributed by atoms with van der Waals surface area (Å²) in [4.78, 5) is 16.8. The number of furan rings is 1. The number of nitrogens with zero attached hydrogens (tertiary/aromatic N) is 2. The van der Waals surface area contributed by atoms with Gasteiger partial charge in [-0.25, -0.2) is 4.98 Å². The number of carbonyl (C=O) groups is 1. The minimum Gasteiger partial charge on any atom is -0.497 e. The van der Waals surface area contributed by atoms with Crippen LogP contribution < -0.4 is 19.5 Å². The van der Waals surface area contributed by atoms with Crippen LogP contribution in [0.4, 0.5) is 0 Å². The first-order valence-electron chi connectivity index (χ1n) is 9.93. The first kappa shape index (κ1) is 19.0. The standard InChI is InChI=1S/C23H21N3O5/c1-28-16-4-2-15(3-5-16)23-18(11-22(27)25-7-9-26-8-6-24-13-26)17-10-20-21(30-14-29-20)12-19(17)31-23/h2-6,8,10,12-13H,7,9,11,14H2,1H3,(H,25,27). The van der Waals surface area contributed by atoms with E-state index in [9.17, 15) is 4.79 Å². The van der Waals surface area contributed by atoms with Crippen molar-refractivity contribution in [1.82, 2.24) is 14.9 Å². The first-order valence-corrected chi connectivity index (χ1v) is 9.93. The number of benzene rings is 2. The molecule has 0 fully saturated rings. The Kier molecular flexibility index (Phi) is 4.95. The van der Waals surface area contributed by atoms with Crippen molar-refractivity contribution in [3.05, 3.63) is 60.7 Å². The molecule has 1 aliphatic heterocycles. The number of amides is 1. The molecule has 0 saturated heterocycles. The minimum atomic E-state index is -0.0877. The van der Waals surface area contributed by atoms with Crippen molar-refractivity contribution in [3.63, 3.8) is 0 Å². The molecule has 1 aliphatic rings. The van der Waals surface area contributed by atoms with Crippen LogP contribution in [0.1, 0.15) is 5.56 Å². The van der Waals surface area contributed by atoms with E-state index in [4.69, 9.17) is 18.6 Å². The van der Waals surface area contributed by atoms with Gasteiger partial charge in [0, 0.05) is 48.1 Å². The first-order chi connectivity index (χ1) is 15.2. The number of hydrogen-bond donors (Lipinski definition) is 1. The predicted molar refractivity (Wildman–Crippen MR) is 113 cm³/mol. The number of hydrogen-bond acceptors (Lipinski definition) is 6. The van der Waals surface area contributed by atoms with Gasteiger partial charge < -0.3 is 28.5 Å². The van der Waals surface area contributed by atoms with Gasteiger partial charge in [-0.1, -0.05) is 0 Å². The topological polar surface area (TPSA) is 87.8 Å². The summed E-state index contributed by atoms with van der Waals surface area (Å²) >= 11 is 0. The summed E-state index contributed by atoms with van der Waals surface area (Å²) in [5, 5.41) is 3.80. The average Bonchev–Trinajstić information content (AvgIpc) is 3.53. The van der Waals surface area contributed by atoms with Crippen LogP contribution in [0.3, 0.4) is 0 Å². The molecule has 0 saturated carbocycles. The molecule has 0 unspecified atom stereocenters. The molecule has 31 heavy (non-hydrogen) atoms. The van der Waals surface area contributed by atoms with E-state index in [-0.39, 0.29) is 19.1 Å². The van der Waals surface area contributed by atoms with Crippen molar-refractivity contribution >= 4 is 16.9 Å². The van der Waals surface area contributed by atoms with E-state index in [1.165, 1.54) is 0 Å². The smallest absolute Gasteiger partial charge is 0.231 e. The van der Waals surface area contributed by atoms with Gasteiger partial charge in [0.25, 0.3) is 0 Å². The highest BCUT2D eigenvalue weighted by Crippen LogP contribution is 2.42. The zero-order valence-corrected chi connectivity index (χ0v) is 17.0. The average molecular weight is 419 g/mol. The van der Waals surface area contributed by atoms with Gasteiger partial charge in [-0.2, -0.15) is 0 Å². The highest BCUT2D eigenvalue weighted by molar-refractivity contribution is 5.94. The highest BCUT2D eigenvalue weighted by Gasteiger charge is 2.23. The number of aromatic nitrogens is 2. The summed E-state index contributed by atoms with van der Waals surface area (Å²) in [7, 11) is 1.62. The van der Waals surface area contributed by atoms with Gasteiger partial charge in [0.1, 0.15) is 17.1 Å².